The monoisotopic (exact) mass is 642 g/mol. The molecule has 0 aromatic carbocycles. The van der Waals surface area contributed by atoms with Gasteiger partial charge in [-0.2, -0.15) is 0 Å². The van der Waals surface area contributed by atoms with E-state index >= 15 is 0 Å². The largest absolute Gasteiger partial charge is 5.00 e. The normalized spacial score (nSPS) is 0. The summed E-state index contributed by atoms with van der Waals surface area (Å²) in [7, 11) is 0. The van der Waals surface area contributed by atoms with Crippen molar-refractivity contribution >= 4 is 189 Å². The van der Waals surface area contributed by atoms with Crippen molar-refractivity contribution in [3.8, 4) is 0 Å². The maximum absolute atomic E-state index is 0. The van der Waals surface area contributed by atoms with Crippen LogP contribution in [0.3, 0.4) is 0 Å². The predicted molar refractivity (Wildman–Crippen MR) is 37.6 cm³/mol. The van der Waals surface area contributed by atoms with Gasteiger partial charge in [-0.25, -0.2) is 0 Å². The molecule has 11 heteroatoms. The van der Waals surface area contributed by atoms with Gasteiger partial charge in [-0.05, 0) is 0 Å². The van der Waals surface area contributed by atoms with Crippen molar-refractivity contribution in [3.05, 3.63) is 0 Å². The molecule has 0 radical (unpaired) electrons. The molecule has 0 saturated carbocycles. The maximum atomic E-state index is 0. The van der Waals surface area contributed by atoms with Crippen molar-refractivity contribution in [3.63, 3.8) is 0 Å². The van der Waals surface area contributed by atoms with Gasteiger partial charge in [0.15, 0.2) is 0 Å². The average Bonchev–Trinajstić information content (AvgIpc) is 0. The summed E-state index contributed by atoms with van der Waals surface area (Å²) in [5.74, 6) is 0. The van der Waals surface area contributed by atoms with Gasteiger partial charge in [0.05, 0.1) is 0 Å². The number of hydrogen-bond acceptors (Lipinski definition) is 0. The first kappa shape index (κ1) is 105. The summed E-state index contributed by atoms with van der Waals surface area (Å²) < 4.78 is 0. The van der Waals surface area contributed by atoms with Crippen molar-refractivity contribution in [2.75, 3.05) is 0 Å². The second-order valence-corrected chi connectivity index (χ2v) is 0. The van der Waals surface area contributed by atoms with E-state index in [1.807, 2.05) is 0 Å². The standard InChI is InChI=1S/2Ba.5O.2Sr.2V.8H/q;;5*-2;;;2*+5;;;;;;;;. The molecule has 5 nitrogen and oxygen atoms in total. The summed E-state index contributed by atoms with van der Waals surface area (Å²) in [6.07, 6.45) is 0. The summed E-state index contributed by atoms with van der Waals surface area (Å²) in [5.41, 5.74) is 0. The first-order chi connectivity index (χ1) is 0. The van der Waals surface area contributed by atoms with Crippen LogP contribution in [0, 0.1) is 0 Å². The summed E-state index contributed by atoms with van der Waals surface area (Å²) in [5, 5.41) is 0. The second-order valence-electron chi connectivity index (χ2n) is 0. The van der Waals surface area contributed by atoms with Crippen molar-refractivity contribution in [1.29, 1.82) is 0 Å². The third-order valence-corrected chi connectivity index (χ3v) is 0. The molecule has 0 aromatic rings. The molecule has 0 aliphatic carbocycles. The Kier molecular flexibility index (Phi) is 844. The van der Waals surface area contributed by atoms with Gasteiger partial charge in [-0.15, -0.1) is 0 Å². The molecule has 0 N–H and O–H groups in total. The van der Waals surface area contributed by atoms with Crippen molar-refractivity contribution in [2.45, 2.75) is 0 Å². The molecule has 0 atom stereocenters. The summed E-state index contributed by atoms with van der Waals surface area (Å²) in [6, 6.07) is 0. The number of rotatable bonds is 0. The van der Waals surface area contributed by atoms with E-state index in [1.165, 1.54) is 0 Å². The van der Waals surface area contributed by atoms with Crippen LogP contribution in [0.5, 0.6) is 0 Å². The van der Waals surface area contributed by atoms with Crippen LogP contribution in [0.25, 0.3) is 0 Å². The molecule has 0 aliphatic heterocycles. The van der Waals surface area contributed by atoms with E-state index in [4.69, 9.17) is 0 Å². The average molecular weight is 640 g/mol. The Morgan fingerprint density at radius 2 is 0.364 bits per heavy atom. The van der Waals surface area contributed by atoms with Crippen LogP contribution >= 0.6 is 0 Å². The van der Waals surface area contributed by atoms with Crippen molar-refractivity contribution in [1.82, 2.24) is 0 Å². The predicted octanol–water partition coefficient (Wildman–Crippen LogP) is -4.26. The fraction of sp³-hybridized carbons (Fsp3) is 0. The summed E-state index contributed by atoms with van der Waals surface area (Å²) >= 11 is 0. The molecule has 0 rings (SSSR count). The van der Waals surface area contributed by atoms with Crippen LogP contribution in [0.1, 0.15) is 0 Å². The Balaban J connectivity index is 0. The SMILES string of the molecule is [BaH2].[BaH2].[O-2].[O-2].[O-2].[O-2].[O-2].[SrH2].[SrH2].[V+5].[V+5]. The van der Waals surface area contributed by atoms with Gasteiger partial charge in [0, 0.05) is 0 Å². The van der Waals surface area contributed by atoms with E-state index in [1.54, 1.807) is 0 Å². The van der Waals surface area contributed by atoms with E-state index in [0.717, 1.165) is 0 Å². The molecule has 0 spiro atoms. The molecule has 0 bridgehead atoms. The minimum Gasteiger partial charge on any atom is 5.00 e. The zero-order valence-electron chi connectivity index (χ0n) is 2.94. The van der Waals surface area contributed by atoms with Gasteiger partial charge >= 0.3 is 226 Å². The van der Waals surface area contributed by atoms with Gasteiger partial charge in [0.2, 0.25) is 0 Å². The molecule has 0 saturated heterocycles. The third kappa shape index (κ3) is 77.5. The Bertz CT molecular complexity index is 20.4. The number of hydrogen-bond donors (Lipinski definition) is 0. The molecule has 0 unspecified atom stereocenters. The van der Waals surface area contributed by atoms with Crippen LogP contribution in [0.2, 0.25) is 0 Å². The van der Waals surface area contributed by atoms with Crippen molar-refractivity contribution < 1.29 is 64.5 Å². The second kappa shape index (κ2) is 88.2. The van der Waals surface area contributed by atoms with Crippen LogP contribution in [0.15, 0.2) is 0 Å². The zero-order valence-corrected chi connectivity index (χ0v) is 5.73. The molecule has 56 valence electrons. The fourth-order valence-electron chi connectivity index (χ4n) is 0. The molecular formula is H8Ba2O5Sr2V2. The van der Waals surface area contributed by atoms with E-state index in [2.05, 4.69) is 0 Å². The van der Waals surface area contributed by atoms with E-state index < -0.39 is 0 Å². The smallest absolute Gasteiger partial charge is 5.00 e. The Hall–Kier alpha value is 7.07. The molecule has 0 amide bonds. The maximum Gasteiger partial charge on any atom is 5.00 e. The van der Waals surface area contributed by atoms with E-state index in [-0.39, 0.29) is 253 Å². The molecule has 11 heavy (non-hydrogen) atoms. The minimum absolute atomic E-state index is 0. The van der Waals surface area contributed by atoms with Gasteiger partial charge < -0.3 is 27.4 Å². The Morgan fingerprint density at radius 3 is 0.364 bits per heavy atom. The van der Waals surface area contributed by atoms with Gasteiger partial charge in [-0.3, -0.25) is 0 Å². The first-order valence-electron chi connectivity index (χ1n) is 0. The quantitative estimate of drug-likeness (QED) is 0.237. The summed E-state index contributed by atoms with van der Waals surface area (Å²) in [6.45, 7) is 0. The summed E-state index contributed by atoms with van der Waals surface area (Å²) in [4.78, 5) is 0. The van der Waals surface area contributed by atoms with E-state index in [0.29, 0.717) is 0 Å². The van der Waals surface area contributed by atoms with Crippen LogP contribution in [-0.2, 0) is 64.5 Å². The third-order valence-electron chi connectivity index (χ3n) is 0. The Labute approximate surface area is 245 Å². The Morgan fingerprint density at radius 1 is 0.364 bits per heavy atom. The van der Waals surface area contributed by atoms with Crippen LogP contribution in [-0.4, -0.2) is 189 Å². The van der Waals surface area contributed by atoms with Crippen LogP contribution < -0.4 is 0 Å². The molecule has 0 heterocycles. The molecule has 0 aliphatic rings. The topological polar surface area (TPSA) is 142 Å². The first-order valence-corrected chi connectivity index (χ1v) is 0. The van der Waals surface area contributed by atoms with Gasteiger partial charge in [0.1, 0.15) is 0 Å². The molecule has 0 aromatic heterocycles. The van der Waals surface area contributed by atoms with Crippen molar-refractivity contribution in [2.24, 2.45) is 0 Å². The van der Waals surface area contributed by atoms with Gasteiger partial charge in [-0.1, -0.05) is 0 Å². The zero-order chi connectivity index (χ0) is 0. The van der Waals surface area contributed by atoms with Crippen LogP contribution in [0.4, 0.5) is 0 Å². The molecule has 0 fully saturated rings. The minimum atomic E-state index is 0. The molecular weight excluding hydrogens is 632 g/mol. The van der Waals surface area contributed by atoms with E-state index in [9.17, 15) is 0 Å². The fourth-order valence-corrected chi connectivity index (χ4v) is 0. The van der Waals surface area contributed by atoms with Gasteiger partial charge in [0.25, 0.3) is 0 Å².